The van der Waals surface area contributed by atoms with E-state index in [2.05, 4.69) is 21.4 Å². The Morgan fingerprint density at radius 1 is 1.07 bits per heavy atom. The lowest BCUT2D eigenvalue weighted by Gasteiger charge is -2.36. The van der Waals surface area contributed by atoms with Crippen LogP contribution in [0.2, 0.25) is 0 Å². The Morgan fingerprint density at radius 3 is 2.45 bits per heavy atom. The Morgan fingerprint density at radius 2 is 1.76 bits per heavy atom. The predicted octanol–water partition coefficient (Wildman–Crippen LogP) is 2.57. The van der Waals surface area contributed by atoms with Gasteiger partial charge in [0.05, 0.1) is 18.1 Å². The molecule has 1 aliphatic heterocycles. The molecule has 1 N–H and O–H groups in total. The molecule has 1 aromatic carbocycles. The normalized spacial score (nSPS) is 14.1. The van der Waals surface area contributed by atoms with Crippen LogP contribution in [0.1, 0.15) is 15.9 Å². The van der Waals surface area contributed by atoms with Crippen LogP contribution in [0.15, 0.2) is 55.4 Å². The molecule has 1 saturated heterocycles. The molecule has 1 amide bonds. The molecule has 0 saturated carbocycles. The average molecular weight is 390 g/mol. The highest BCUT2D eigenvalue weighted by Gasteiger charge is 2.29. The fourth-order valence-electron chi connectivity index (χ4n) is 3.63. The molecule has 0 atom stereocenters. The molecule has 7 heteroatoms. The number of nitrogens with one attached hydrogen (secondary N) is 1. The minimum Gasteiger partial charge on any atom is -0.496 e. The maximum Gasteiger partial charge on any atom is 0.295 e. The van der Waals surface area contributed by atoms with Crippen LogP contribution in [-0.2, 0) is 4.79 Å². The van der Waals surface area contributed by atoms with Crippen LogP contribution in [0.3, 0.4) is 0 Å². The van der Waals surface area contributed by atoms with Crippen molar-refractivity contribution in [2.45, 2.75) is 0 Å². The highest BCUT2D eigenvalue weighted by atomic mass is 16.5. The number of fused-ring (bicyclic) bond motifs is 1. The third kappa shape index (κ3) is 3.47. The number of piperazine rings is 1. The summed E-state index contributed by atoms with van der Waals surface area (Å²) in [5, 5.41) is 0.532. The van der Waals surface area contributed by atoms with E-state index in [0.29, 0.717) is 43.0 Å². The molecule has 7 nitrogen and oxygen atoms in total. The van der Waals surface area contributed by atoms with E-state index in [0.717, 1.165) is 11.3 Å². The molecule has 3 heterocycles. The number of hydrogen-bond donors (Lipinski definition) is 1. The molecule has 3 aromatic rings. The van der Waals surface area contributed by atoms with Gasteiger partial charge in [-0.2, -0.15) is 0 Å². The molecule has 1 aliphatic rings. The van der Waals surface area contributed by atoms with Gasteiger partial charge in [-0.15, -0.1) is 0 Å². The van der Waals surface area contributed by atoms with Crippen molar-refractivity contribution in [2.75, 3.05) is 33.3 Å². The number of H-pyrrole nitrogens is 1. The highest BCUT2D eigenvalue weighted by molar-refractivity contribution is 6.45. The van der Waals surface area contributed by atoms with Gasteiger partial charge < -0.3 is 19.5 Å². The molecule has 4 rings (SSSR count). The van der Waals surface area contributed by atoms with Gasteiger partial charge in [-0.3, -0.25) is 9.59 Å². The minimum atomic E-state index is -0.558. The maximum absolute atomic E-state index is 12.9. The number of hydrogen-bond acceptors (Lipinski definition) is 5. The van der Waals surface area contributed by atoms with Crippen LogP contribution in [0.4, 0.5) is 0 Å². The Hall–Kier alpha value is -3.61. The molecular weight excluding hydrogens is 368 g/mol. The van der Waals surface area contributed by atoms with Gasteiger partial charge in [-0.05, 0) is 11.6 Å². The molecular formula is C22H22N4O3. The summed E-state index contributed by atoms with van der Waals surface area (Å²) in [4.78, 5) is 36.6. The second kappa shape index (κ2) is 7.79. The molecule has 148 valence electrons. The molecule has 2 aromatic heterocycles. The number of ketones is 1. The summed E-state index contributed by atoms with van der Waals surface area (Å²) in [5.74, 6) is -0.559. The number of aromatic nitrogens is 2. The van der Waals surface area contributed by atoms with Crippen molar-refractivity contribution in [1.82, 2.24) is 19.8 Å². The standard InChI is InChI=1S/C22H22N4O3/c1-15(16-6-4-3-5-7-16)25-10-12-26(13-11-25)22(28)20(27)17-14-24-21-19(17)18(29-2)8-9-23-21/h3-9,14H,1,10-13H2,2H3,(H,23,24). The number of carbonyl (C=O) groups excluding carboxylic acids is 2. The fourth-order valence-corrected chi connectivity index (χ4v) is 3.63. The summed E-state index contributed by atoms with van der Waals surface area (Å²) in [5.41, 5.74) is 2.79. The fraction of sp³-hybridized carbons (Fsp3) is 0.227. The molecule has 0 unspecified atom stereocenters. The van der Waals surface area contributed by atoms with Crippen molar-refractivity contribution in [2.24, 2.45) is 0 Å². The van der Waals surface area contributed by atoms with Crippen LogP contribution in [-0.4, -0.2) is 64.7 Å². The third-order valence-electron chi connectivity index (χ3n) is 5.25. The lowest BCUT2D eigenvalue weighted by molar-refractivity contribution is -0.127. The maximum atomic E-state index is 12.9. The number of amides is 1. The highest BCUT2D eigenvalue weighted by Crippen LogP contribution is 2.28. The van der Waals surface area contributed by atoms with E-state index in [1.165, 1.54) is 13.3 Å². The monoisotopic (exact) mass is 390 g/mol. The molecule has 0 aliphatic carbocycles. The summed E-state index contributed by atoms with van der Waals surface area (Å²) in [6.45, 7) is 6.37. The van der Waals surface area contributed by atoms with Gasteiger partial charge in [-0.1, -0.05) is 36.9 Å². The average Bonchev–Trinajstić information content (AvgIpc) is 3.22. The quantitative estimate of drug-likeness (QED) is 0.535. The largest absolute Gasteiger partial charge is 0.496 e. The Labute approximate surface area is 168 Å². The van der Waals surface area contributed by atoms with Crippen molar-refractivity contribution in [1.29, 1.82) is 0 Å². The van der Waals surface area contributed by atoms with Gasteiger partial charge in [-0.25, -0.2) is 4.98 Å². The zero-order chi connectivity index (χ0) is 20.4. The van der Waals surface area contributed by atoms with E-state index < -0.39 is 11.7 Å². The number of methoxy groups -OCH3 is 1. The summed E-state index contributed by atoms with van der Waals surface area (Å²) < 4.78 is 5.33. The van der Waals surface area contributed by atoms with Crippen LogP contribution < -0.4 is 4.74 Å². The second-order valence-corrected chi connectivity index (χ2v) is 6.86. The Balaban J connectivity index is 1.46. The molecule has 0 radical (unpaired) electrons. The second-order valence-electron chi connectivity index (χ2n) is 6.86. The third-order valence-corrected chi connectivity index (χ3v) is 5.25. The SMILES string of the molecule is C=C(c1ccccc1)N1CCN(C(=O)C(=O)c2c[nH]c3nccc(OC)c23)CC1. The summed E-state index contributed by atoms with van der Waals surface area (Å²) in [6.07, 6.45) is 3.11. The van der Waals surface area contributed by atoms with E-state index in [4.69, 9.17) is 4.74 Å². The van der Waals surface area contributed by atoms with Crippen molar-refractivity contribution < 1.29 is 14.3 Å². The first-order valence-corrected chi connectivity index (χ1v) is 9.43. The number of ether oxygens (including phenoxy) is 1. The first kappa shape index (κ1) is 18.7. The number of carbonyl (C=O) groups is 2. The van der Waals surface area contributed by atoms with E-state index >= 15 is 0 Å². The van der Waals surface area contributed by atoms with E-state index in [9.17, 15) is 9.59 Å². The van der Waals surface area contributed by atoms with Crippen LogP contribution in [0, 0.1) is 0 Å². The van der Waals surface area contributed by atoms with Gasteiger partial charge >= 0.3 is 0 Å². The Kier molecular flexibility index (Phi) is 5.03. The van der Waals surface area contributed by atoms with E-state index in [1.807, 2.05) is 30.3 Å². The van der Waals surface area contributed by atoms with Gasteiger partial charge in [0.1, 0.15) is 11.4 Å². The van der Waals surface area contributed by atoms with Crippen molar-refractivity contribution in [3.63, 3.8) is 0 Å². The summed E-state index contributed by atoms with van der Waals surface area (Å²) >= 11 is 0. The van der Waals surface area contributed by atoms with Gasteiger partial charge in [0.15, 0.2) is 0 Å². The van der Waals surface area contributed by atoms with E-state index in [1.54, 1.807) is 17.2 Å². The lowest BCUT2D eigenvalue weighted by atomic mass is 10.1. The van der Waals surface area contributed by atoms with Gasteiger partial charge in [0.2, 0.25) is 0 Å². The Bertz CT molecular complexity index is 1070. The molecule has 1 fully saturated rings. The number of pyridine rings is 1. The topological polar surface area (TPSA) is 78.5 Å². The van der Waals surface area contributed by atoms with Crippen molar-refractivity contribution in [3.8, 4) is 5.75 Å². The van der Waals surface area contributed by atoms with Crippen LogP contribution in [0.25, 0.3) is 16.7 Å². The predicted molar refractivity (Wildman–Crippen MR) is 111 cm³/mol. The summed E-state index contributed by atoms with van der Waals surface area (Å²) in [7, 11) is 1.52. The number of rotatable bonds is 5. The minimum absolute atomic E-state index is 0.283. The van der Waals surface area contributed by atoms with Gasteiger partial charge in [0, 0.05) is 44.3 Å². The molecule has 0 spiro atoms. The van der Waals surface area contributed by atoms with Crippen LogP contribution >= 0.6 is 0 Å². The zero-order valence-corrected chi connectivity index (χ0v) is 16.2. The van der Waals surface area contributed by atoms with Gasteiger partial charge in [0.25, 0.3) is 11.7 Å². The molecule has 29 heavy (non-hydrogen) atoms. The van der Waals surface area contributed by atoms with E-state index in [-0.39, 0.29) is 5.56 Å². The molecule has 0 bridgehead atoms. The first-order valence-electron chi connectivity index (χ1n) is 9.43. The van der Waals surface area contributed by atoms with Crippen molar-refractivity contribution >= 4 is 28.4 Å². The van der Waals surface area contributed by atoms with Crippen molar-refractivity contribution in [3.05, 3.63) is 66.5 Å². The number of Topliss-reactive ketones (excluding diaryl/α,β-unsaturated/α-hetero) is 1. The summed E-state index contributed by atoms with van der Waals surface area (Å²) in [6, 6.07) is 11.6. The van der Waals surface area contributed by atoms with Crippen LogP contribution in [0.5, 0.6) is 5.75 Å². The number of nitrogens with zero attached hydrogens (tertiary/aromatic N) is 3. The first-order chi connectivity index (χ1) is 14.1. The number of aromatic amines is 1. The number of benzene rings is 1. The lowest BCUT2D eigenvalue weighted by Crippen LogP contribution is -2.49. The smallest absolute Gasteiger partial charge is 0.295 e. The zero-order valence-electron chi connectivity index (χ0n) is 16.2.